The lowest BCUT2D eigenvalue weighted by Gasteiger charge is -2.09. The Morgan fingerprint density at radius 1 is 1.05 bits per heavy atom. The molecule has 0 unspecified atom stereocenters. The van der Waals surface area contributed by atoms with E-state index in [1.54, 1.807) is 6.20 Å². The molecule has 3 rings (SSSR count). The molecule has 1 amide bonds. The Labute approximate surface area is 123 Å². The van der Waals surface area contributed by atoms with Crippen molar-refractivity contribution in [3.8, 4) is 0 Å². The Morgan fingerprint density at radius 2 is 1.86 bits per heavy atom. The van der Waals surface area contributed by atoms with Gasteiger partial charge in [0.15, 0.2) is 0 Å². The van der Waals surface area contributed by atoms with Crippen LogP contribution in [0.25, 0.3) is 10.9 Å². The summed E-state index contributed by atoms with van der Waals surface area (Å²) in [5.74, 6) is -0.0949. The van der Waals surface area contributed by atoms with Crippen LogP contribution >= 0.6 is 0 Å². The summed E-state index contributed by atoms with van der Waals surface area (Å²) in [6.45, 7) is 2.57. The molecule has 3 aromatic rings. The number of nitrogens with one attached hydrogen (secondary N) is 1. The van der Waals surface area contributed by atoms with Gasteiger partial charge in [-0.15, -0.1) is 0 Å². The first-order valence-corrected chi connectivity index (χ1v) is 6.92. The second-order valence-electron chi connectivity index (χ2n) is 4.99. The van der Waals surface area contributed by atoms with Crippen LogP contribution in [0.5, 0.6) is 0 Å². The zero-order valence-electron chi connectivity index (χ0n) is 11.8. The number of nitrogens with zero attached hydrogens (tertiary/aromatic N) is 1. The van der Waals surface area contributed by atoms with E-state index in [1.165, 1.54) is 5.56 Å². The summed E-state index contributed by atoms with van der Waals surface area (Å²) in [4.78, 5) is 16.7. The third kappa shape index (κ3) is 2.77. The van der Waals surface area contributed by atoms with Crippen LogP contribution in [-0.2, 0) is 6.54 Å². The number of hydrogen-bond donors (Lipinski definition) is 1. The predicted octanol–water partition coefficient (Wildman–Crippen LogP) is 3.47. The Morgan fingerprint density at radius 3 is 2.71 bits per heavy atom. The van der Waals surface area contributed by atoms with Gasteiger partial charge >= 0.3 is 0 Å². The maximum Gasteiger partial charge on any atom is 0.253 e. The quantitative estimate of drug-likeness (QED) is 0.796. The number of aryl methyl sites for hydroxylation is 1. The third-order valence-corrected chi connectivity index (χ3v) is 3.58. The lowest BCUT2D eigenvalue weighted by molar-refractivity contribution is 0.0952. The molecule has 1 N–H and O–H groups in total. The Balaban J connectivity index is 1.83. The predicted molar refractivity (Wildman–Crippen MR) is 84.1 cm³/mol. The number of aromatic nitrogens is 1. The van der Waals surface area contributed by atoms with Crippen molar-refractivity contribution in [1.29, 1.82) is 0 Å². The zero-order chi connectivity index (χ0) is 14.7. The molecule has 0 aliphatic rings. The second-order valence-corrected chi connectivity index (χ2v) is 4.99. The van der Waals surface area contributed by atoms with E-state index in [9.17, 15) is 4.79 Å². The molecule has 0 spiro atoms. The number of benzene rings is 2. The van der Waals surface area contributed by atoms with Crippen molar-refractivity contribution in [2.24, 2.45) is 0 Å². The monoisotopic (exact) mass is 276 g/mol. The number of hydrogen-bond acceptors (Lipinski definition) is 2. The van der Waals surface area contributed by atoms with Crippen LogP contribution in [0.3, 0.4) is 0 Å². The van der Waals surface area contributed by atoms with E-state index in [4.69, 9.17) is 0 Å². The summed E-state index contributed by atoms with van der Waals surface area (Å²) in [6, 6.07) is 17.5. The van der Waals surface area contributed by atoms with Crippen molar-refractivity contribution < 1.29 is 4.79 Å². The Bertz CT molecular complexity index is 791. The van der Waals surface area contributed by atoms with Crippen LogP contribution in [0.1, 0.15) is 21.5 Å². The smallest absolute Gasteiger partial charge is 0.253 e. The molecule has 104 valence electrons. The SMILES string of the molecule is Cc1ccccc1CNC(=O)c1cccc2cccnc12. The highest BCUT2D eigenvalue weighted by Gasteiger charge is 2.10. The van der Waals surface area contributed by atoms with Gasteiger partial charge < -0.3 is 5.32 Å². The molecular weight excluding hydrogens is 260 g/mol. The fraction of sp³-hybridized carbons (Fsp3) is 0.111. The summed E-state index contributed by atoms with van der Waals surface area (Å²) >= 11 is 0. The van der Waals surface area contributed by atoms with Gasteiger partial charge in [-0.25, -0.2) is 0 Å². The molecule has 0 saturated heterocycles. The molecule has 0 aliphatic heterocycles. The summed E-state index contributed by atoms with van der Waals surface area (Å²) in [6.07, 6.45) is 1.71. The van der Waals surface area contributed by atoms with Crippen molar-refractivity contribution in [1.82, 2.24) is 10.3 Å². The van der Waals surface area contributed by atoms with Crippen LogP contribution in [0.4, 0.5) is 0 Å². The molecule has 21 heavy (non-hydrogen) atoms. The van der Waals surface area contributed by atoms with Gasteiger partial charge in [-0.05, 0) is 30.2 Å². The molecular formula is C18H16N2O. The van der Waals surface area contributed by atoms with Crippen LogP contribution in [0.2, 0.25) is 0 Å². The number of para-hydroxylation sites is 1. The minimum Gasteiger partial charge on any atom is -0.348 e. The highest BCUT2D eigenvalue weighted by Crippen LogP contribution is 2.16. The fourth-order valence-electron chi connectivity index (χ4n) is 2.37. The van der Waals surface area contributed by atoms with E-state index in [-0.39, 0.29) is 5.91 Å². The molecule has 0 aliphatic carbocycles. The number of carbonyl (C=O) groups excluding carboxylic acids is 1. The van der Waals surface area contributed by atoms with Crippen LogP contribution in [0, 0.1) is 6.92 Å². The van der Waals surface area contributed by atoms with Gasteiger partial charge in [0, 0.05) is 18.1 Å². The molecule has 1 aromatic heterocycles. The van der Waals surface area contributed by atoms with Crippen LogP contribution in [0.15, 0.2) is 60.8 Å². The summed E-state index contributed by atoms with van der Waals surface area (Å²) < 4.78 is 0. The van der Waals surface area contributed by atoms with Crippen molar-refractivity contribution in [3.05, 3.63) is 77.5 Å². The summed E-state index contributed by atoms with van der Waals surface area (Å²) in [7, 11) is 0. The molecule has 0 atom stereocenters. The van der Waals surface area contributed by atoms with Gasteiger partial charge in [0.05, 0.1) is 11.1 Å². The zero-order valence-corrected chi connectivity index (χ0v) is 11.8. The van der Waals surface area contributed by atoms with Gasteiger partial charge in [-0.1, -0.05) is 42.5 Å². The summed E-state index contributed by atoms with van der Waals surface area (Å²) in [5, 5.41) is 3.94. The van der Waals surface area contributed by atoms with Crippen LogP contribution in [-0.4, -0.2) is 10.9 Å². The minimum atomic E-state index is -0.0949. The highest BCUT2D eigenvalue weighted by atomic mass is 16.1. The van der Waals surface area contributed by atoms with Crippen molar-refractivity contribution in [2.45, 2.75) is 13.5 Å². The summed E-state index contributed by atoms with van der Waals surface area (Å²) in [5.41, 5.74) is 3.65. The minimum absolute atomic E-state index is 0.0949. The maximum absolute atomic E-state index is 12.4. The molecule has 0 saturated carbocycles. The first-order valence-electron chi connectivity index (χ1n) is 6.92. The highest BCUT2D eigenvalue weighted by molar-refractivity contribution is 6.05. The molecule has 2 aromatic carbocycles. The fourth-order valence-corrected chi connectivity index (χ4v) is 2.37. The van der Waals surface area contributed by atoms with Gasteiger partial charge in [0.2, 0.25) is 0 Å². The maximum atomic E-state index is 12.4. The molecule has 3 heteroatoms. The van der Waals surface area contributed by atoms with Crippen molar-refractivity contribution >= 4 is 16.8 Å². The van der Waals surface area contributed by atoms with E-state index in [0.29, 0.717) is 12.1 Å². The number of amides is 1. The molecule has 0 bridgehead atoms. The topological polar surface area (TPSA) is 42.0 Å². The van der Waals surface area contributed by atoms with Gasteiger partial charge in [-0.2, -0.15) is 0 Å². The van der Waals surface area contributed by atoms with Crippen molar-refractivity contribution in [2.75, 3.05) is 0 Å². The standard InChI is InChI=1S/C18H16N2O/c1-13-6-2-3-7-15(13)12-20-18(21)16-10-4-8-14-9-5-11-19-17(14)16/h2-11H,12H2,1H3,(H,20,21). The van der Waals surface area contributed by atoms with Crippen LogP contribution < -0.4 is 5.32 Å². The van der Waals surface area contributed by atoms with E-state index in [0.717, 1.165) is 16.5 Å². The van der Waals surface area contributed by atoms with E-state index in [2.05, 4.69) is 10.3 Å². The van der Waals surface area contributed by atoms with Gasteiger partial charge in [0.25, 0.3) is 5.91 Å². The molecule has 0 fully saturated rings. The molecule has 0 radical (unpaired) electrons. The first kappa shape index (κ1) is 13.3. The number of rotatable bonds is 3. The Hall–Kier alpha value is -2.68. The molecule has 3 nitrogen and oxygen atoms in total. The second kappa shape index (κ2) is 5.75. The van der Waals surface area contributed by atoms with E-state index < -0.39 is 0 Å². The lowest BCUT2D eigenvalue weighted by Crippen LogP contribution is -2.23. The van der Waals surface area contributed by atoms with Crippen molar-refractivity contribution in [3.63, 3.8) is 0 Å². The van der Waals surface area contributed by atoms with Gasteiger partial charge in [0.1, 0.15) is 0 Å². The first-order chi connectivity index (χ1) is 10.3. The van der Waals surface area contributed by atoms with E-state index >= 15 is 0 Å². The normalized spacial score (nSPS) is 10.5. The average molecular weight is 276 g/mol. The lowest BCUT2D eigenvalue weighted by atomic mass is 10.1. The van der Waals surface area contributed by atoms with Gasteiger partial charge in [-0.3, -0.25) is 9.78 Å². The third-order valence-electron chi connectivity index (χ3n) is 3.58. The average Bonchev–Trinajstić information content (AvgIpc) is 2.53. The number of pyridine rings is 1. The molecule has 1 heterocycles. The Kier molecular flexibility index (Phi) is 3.65. The van der Waals surface area contributed by atoms with E-state index in [1.807, 2.05) is 61.5 Å². The largest absolute Gasteiger partial charge is 0.348 e. The number of fused-ring (bicyclic) bond motifs is 1. The number of carbonyl (C=O) groups is 1.